The van der Waals surface area contributed by atoms with E-state index in [0.717, 1.165) is 23.5 Å². The van der Waals surface area contributed by atoms with Gasteiger partial charge in [0.2, 0.25) is 0 Å². The van der Waals surface area contributed by atoms with Crippen LogP contribution < -0.4 is 4.90 Å². The SMILES string of the molecule is C=C(C)N(c1ccccc1)c1ccc(C(C)(C)c2ccc3c(/C=C\C)c(CC)sc3c2C)cc1. The molecule has 0 spiro atoms. The number of aryl methyl sites for hydroxylation is 2. The lowest BCUT2D eigenvalue weighted by Crippen LogP contribution is -2.20. The predicted molar refractivity (Wildman–Crippen MR) is 153 cm³/mol. The second kappa shape index (κ2) is 9.64. The van der Waals surface area contributed by atoms with Crippen LogP contribution in [0.4, 0.5) is 11.4 Å². The van der Waals surface area contributed by atoms with E-state index in [1.54, 1.807) is 0 Å². The van der Waals surface area contributed by atoms with Gasteiger partial charge in [0.05, 0.1) is 0 Å². The first-order valence-corrected chi connectivity index (χ1v) is 12.9. The van der Waals surface area contributed by atoms with Crippen LogP contribution >= 0.6 is 11.3 Å². The highest BCUT2D eigenvalue weighted by Crippen LogP contribution is 2.42. The Hall–Kier alpha value is -3.10. The fraction of sp³-hybridized carbons (Fsp3) is 0.250. The van der Waals surface area contributed by atoms with Crippen LogP contribution in [-0.2, 0) is 11.8 Å². The first-order chi connectivity index (χ1) is 16.3. The van der Waals surface area contributed by atoms with Crippen LogP contribution in [0.25, 0.3) is 16.2 Å². The molecule has 0 unspecified atom stereocenters. The molecule has 4 aromatic rings. The van der Waals surface area contributed by atoms with Gasteiger partial charge in [-0.2, -0.15) is 0 Å². The molecule has 0 radical (unpaired) electrons. The summed E-state index contributed by atoms with van der Waals surface area (Å²) in [5.74, 6) is 0. The summed E-state index contributed by atoms with van der Waals surface area (Å²) in [5.41, 5.74) is 8.66. The molecular formula is C32H35NS. The van der Waals surface area contributed by atoms with E-state index in [9.17, 15) is 0 Å². The minimum Gasteiger partial charge on any atom is -0.315 e. The molecule has 1 nitrogen and oxygen atoms in total. The number of para-hydroxylation sites is 1. The van der Waals surface area contributed by atoms with Crippen molar-refractivity contribution in [3.8, 4) is 0 Å². The third-order valence-corrected chi connectivity index (χ3v) is 8.28. The van der Waals surface area contributed by atoms with Crippen molar-refractivity contribution in [1.82, 2.24) is 0 Å². The van der Waals surface area contributed by atoms with Crippen LogP contribution in [-0.4, -0.2) is 0 Å². The molecule has 0 saturated heterocycles. The maximum absolute atomic E-state index is 4.22. The Morgan fingerprint density at radius 3 is 2.21 bits per heavy atom. The Morgan fingerprint density at radius 2 is 1.62 bits per heavy atom. The van der Waals surface area contributed by atoms with Crippen LogP contribution in [0.2, 0.25) is 0 Å². The summed E-state index contributed by atoms with van der Waals surface area (Å²) in [6.45, 7) is 17.6. The molecule has 0 fully saturated rings. The number of hydrogen-bond acceptors (Lipinski definition) is 2. The summed E-state index contributed by atoms with van der Waals surface area (Å²) in [6.07, 6.45) is 5.49. The van der Waals surface area contributed by atoms with Gasteiger partial charge >= 0.3 is 0 Å². The number of anilines is 2. The maximum atomic E-state index is 4.22. The fourth-order valence-electron chi connectivity index (χ4n) is 5.00. The summed E-state index contributed by atoms with van der Waals surface area (Å²) in [7, 11) is 0. The zero-order chi connectivity index (χ0) is 24.5. The van der Waals surface area contributed by atoms with E-state index in [2.05, 4.69) is 126 Å². The van der Waals surface area contributed by atoms with Crippen LogP contribution in [0.5, 0.6) is 0 Å². The van der Waals surface area contributed by atoms with Gasteiger partial charge < -0.3 is 4.90 Å². The summed E-state index contributed by atoms with van der Waals surface area (Å²) in [4.78, 5) is 3.67. The van der Waals surface area contributed by atoms with Gasteiger partial charge in [-0.3, -0.25) is 0 Å². The van der Waals surface area contributed by atoms with Gasteiger partial charge in [-0.05, 0) is 73.7 Å². The van der Waals surface area contributed by atoms with Crippen LogP contribution in [0, 0.1) is 6.92 Å². The molecule has 3 aromatic carbocycles. The molecule has 34 heavy (non-hydrogen) atoms. The average molecular weight is 466 g/mol. The lowest BCUT2D eigenvalue weighted by atomic mass is 9.76. The van der Waals surface area contributed by atoms with Gasteiger partial charge in [0.25, 0.3) is 0 Å². The number of hydrogen-bond donors (Lipinski definition) is 0. The van der Waals surface area contributed by atoms with Crippen molar-refractivity contribution >= 4 is 38.9 Å². The molecule has 0 amide bonds. The van der Waals surface area contributed by atoms with E-state index in [4.69, 9.17) is 0 Å². The van der Waals surface area contributed by atoms with Crippen molar-refractivity contribution in [2.24, 2.45) is 0 Å². The van der Waals surface area contributed by atoms with Crippen molar-refractivity contribution < 1.29 is 0 Å². The summed E-state index contributed by atoms with van der Waals surface area (Å²) >= 11 is 1.96. The van der Waals surface area contributed by atoms with Gasteiger partial charge in [-0.1, -0.05) is 82.0 Å². The van der Waals surface area contributed by atoms with E-state index in [-0.39, 0.29) is 5.41 Å². The summed E-state index contributed by atoms with van der Waals surface area (Å²) in [5, 5.41) is 1.38. The molecule has 174 valence electrons. The highest BCUT2D eigenvalue weighted by Gasteiger charge is 2.27. The molecule has 1 aromatic heterocycles. The van der Waals surface area contributed by atoms with E-state index in [1.165, 1.54) is 37.2 Å². The Balaban J connectivity index is 1.75. The second-order valence-corrected chi connectivity index (χ2v) is 10.6. The molecular weight excluding hydrogens is 430 g/mol. The van der Waals surface area contributed by atoms with Crippen molar-refractivity contribution in [1.29, 1.82) is 0 Å². The molecule has 2 heteroatoms. The first-order valence-electron chi connectivity index (χ1n) is 12.1. The monoisotopic (exact) mass is 465 g/mol. The third-order valence-electron chi connectivity index (χ3n) is 6.79. The molecule has 0 aliphatic heterocycles. The molecule has 0 bridgehead atoms. The molecule has 1 heterocycles. The van der Waals surface area contributed by atoms with Gasteiger partial charge in [0.15, 0.2) is 0 Å². The standard InChI is InChI=1S/C32H35NS/c1-8-13-27-28-20-21-29(23(5)31(28)34-30(27)9-2)32(6,7)24-16-18-26(19-17-24)33(22(3)4)25-14-11-10-12-15-25/h8,10-21H,3,9H2,1-2,4-7H3/b13-8-. The predicted octanol–water partition coefficient (Wildman–Crippen LogP) is 9.80. The molecule has 0 atom stereocenters. The average Bonchev–Trinajstić information content (AvgIpc) is 3.19. The smallest absolute Gasteiger partial charge is 0.0458 e. The number of nitrogens with zero attached hydrogens (tertiary/aromatic N) is 1. The third kappa shape index (κ3) is 4.23. The quantitative estimate of drug-likeness (QED) is 0.262. The minimum atomic E-state index is -0.102. The molecule has 0 aliphatic rings. The normalized spacial score (nSPS) is 11.9. The first kappa shape index (κ1) is 24.0. The Morgan fingerprint density at radius 1 is 0.971 bits per heavy atom. The molecule has 0 saturated carbocycles. The van der Waals surface area contributed by atoms with Crippen LogP contribution in [0.3, 0.4) is 0 Å². The van der Waals surface area contributed by atoms with Crippen LogP contribution in [0.1, 0.15) is 61.7 Å². The lowest BCUT2D eigenvalue weighted by molar-refractivity contribution is 0.637. The zero-order valence-corrected chi connectivity index (χ0v) is 22.1. The fourth-order valence-corrected chi connectivity index (χ4v) is 6.23. The lowest BCUT2D eigenvalue weighted by Gasteiger charge is -2.30. The Labute approximate surface area is 209 Å². The van der Waals surface area contributed by atoms with Gasteiger partial charge in [-0.15, -0.1) is 11.3 Å². The van der Waals surface area contributed by atoms with Crippen LogP contribution in [0.15, 0.2) is 85.1 Å². The number of rotatable bonds is 7. The number of thiophene rings is 1. The van der Waals surface area contributed by atoms with E-state index in [0.29, 0.717) is 0 Å². The second-order valence-electron chi connectivity index (χ2n) is 9.49. The zero-order valence-electron chi connectivity index (χ0n) is 21.3. The van der Waals surface area contributed by atoms with E-state index < -0.39 is 0 Å². The van der Waals surface area contributed by atoms with Crippen molar-refractivity contribution in [3.05, 3.63) is 112 Å². The summed E-state index contributed by atoms with van der Waals surface area (Å²) in [6, 6.07) is 24.1. The van der Waals surface area contributed by atoms with E-state index >= 15 is 0 Å². The van der Waals surface area contributed by atoms with Gasteiger partial charge in [0.1, 0.15) is 0 Å². The number of benzene rings is 3. The molecule has 0 aliphatic carbocycles. The van der Waals surface area contributed by atoms with Crippen molar-refractivity contribution in [2.75, 3.05) is 4.90 Å². The number of fused-ring (bicyclic) bond motifs is 1. The highest BCUT2D eigenvalue weighted by molar-refractivity contribution is 7.19. The molecule has 4 rings (SSSR count). The topological polar surface area (TPSA) is 3.24 Å². The maximum Gasteiger partial charge on any atom is 0.0458 e. The Kier molecular flexibility index (Phi) is 6.81. The summed E-state index contributed by atoms with van der Waals surface area (Å²) < 4.78 is 1.42. The van der Waals surface area contributed by atoms with Crippen molar-refractivity contribution in [3.63, 3.8) is 0 Å². The minimum absolute atomic E-state index is 0.102. The number of allylic oxidation sites excluding steroid dienone is 2. The Bertz CT molecular complexity index is 1340. The largest absolute Gasteiger partial charge is 0.315 e. The van der Waals surface area contributed by atoms with Crippen molar-refractivity contribution in [2.45, 2.75) is 53.4 Å². The van der Waals surface area contributed by atoms with Gasteiger partial charge in [-0.25, -0.2) is 0 Å². The highest BCUT2D eigenvalue weighted by atomic mass is 32.1. The van der Waals surface area contributed by atoms with E-state index in [1.807, 2.05) is 17.4 Å². The molecule has 0 N–H and O–H groups in total. The van der Waals surface area contributed by atoms with Gasteiger partial charge in [0, 0.05) is 37.5 Å².